The van der Waals surface area contributed by atoms with Crippen LogP contribution in [0.4, 0.5) is 10.1 Å². The summed E-state index contributed by atoms with van der Waals surface area (Å²) in [6, 6.07) is 8.79. The number of nitrogens with zero attached hydrogens (tertiary/aromatic N) is 3. The van der Waals surface area contributed by atoms with Crippen LogP contribution in [0.1, 0.15) is 58.3 Å². The van der Waals surface area contributed by atoms with Crippen molar-refractivity contribution in [3.05, 3.63) is 64.0 Å². The summed E-state index contributed by atoms with van der Waals surface area (Å²) >= 11 is 0. The van der Waals surface area contributed by atoms with Crippen LogP contribution < -0.4 is 10.2 Å². The van der Waals surface area contributed by atoms with E-state index in [1.165, 1.54) is 59.4 Å². The number of piperidine rings is 1. The maximum Gasteiger partial charge on any atom is 0.255 e. The summed E-state index contributed by atoms with van der Waals surface area (Å²) in [4.78, 5) is 43.2. The van der Waals surface area contributed by atoms with Crippen molar-refractivity contribution in [2.24, 2.45) is 0 Å². The highest BCUT2D eigenvalue weighted by atomic mass is 19.1. The van der Waals surface area contributed by atoms with Gasteiger partial charge in [0.05, 0.1) is 0 Å². The van der Waals surface area contributed by atoms with Crippen LogP contribution in [-0.2, 0) is 35.5 Å². The van der Waals surface area contributed by atoms with E-state index in [1.54, 1.807) is 0 Å². The van der Waals surface area contributed by atoms with Gasteiger partial charge in [0.2, 0.25) is 11.8 Å². The number of amides is 3. The van der Waals surface area contributed by atoms with Gasteiger partial charge in [-0.25, -0.2) is 4.39 Å². The fraction of sp³-hybridized carbons (Fsp3) is 0.464. The highest BCUT2D eigenvalue weighted by molar-refractivity contribution is 6.06. The van der Waals surface area contributed by atoms with Gasteiger partial charge in [-0.05, 0) is 60.9 Å². The predicted octanol–water partition coefficient (Wildman–Crippen LogP) is 2.79. The Balaban J connectivity index is 1.17. The molecule has 6 rings (SSSR count). The number of rotatable bonds is 4. The van der Waals surface area contributed by atoms with Gasteiger partial charge in [-0.2, -0.15) is 0 Å². The van der Waals surface area contributed by atoms with Crippen LogP contribution in [-0.4, -0.2) is 59.7 Å². The van der Waals surface area contributed by atoms with E-state index in [0.29, 0.717) is 12.0 Å². The number of nitrogens with one attached hydrogen (secondary N) is 1. The first-order valence-electron chi connectivity index (χ1n) is 13.0. The molecule has 0 bridgehead atoms. The third-order valence-electron chi connectivity index (χ3n) is 8.20. The summed E-state index contributed by atoms with van der Waals surface area (Å²) in [5.74, 6) is -1.56. The molecule has 3 aliphatic heterocycles. The lowest BCUT2D eigenvalue weighted by Gasteiger charge is -2.37. The van der Waals surface area contributed by atoms with Crippen LogP contribution in [0, 0.1) is 5.82 Å². The second-order valence-electron chi connectivity index (χ2n) is 10.4. The third-order valence-corrected chi connectivity index (χ3v) is 8.20. The Morgan fingerprint density at radius 3 is 2.56 bits per heavy atom. The van der Waals surface area contributed by atoms with Gasteiger partial charge in [-0.3, -0.25) is 24.6 Å². The predicted molar refractivity (Wildman–Crippen MR) is 133 cm³/mol. The Bertz CT molecular complexity index is 1240. The van der Waals surface area contributed by atoms with Crippen LogP contribution >= 0.6 is 0 Å². The minimum Gasteiger partial charge on any atom is -0.369 e. The maximum absolute atomic E-state index is 14.6. The van der Waals surface area contributed by atoms with E-state index in [2.05, 4.69) is 33.3 Å². The van der Waals surface area contributed by atoms with E-state index in [-0.39, 0.29) is 24.8 Å². The monoisotopic (exact) mass is 490 g/mol. The number of fused-ring (bicyclic) bond motifs is 2. The van der Waals surface area contributed by atoms with Gasteiger partial charge in [0.1, 0.15) is 11.9 Å². The smallest absolute Gasteiger partial charge is 0.255 e. The number of carbonyl (C=O) groups excluding carboxylic acids is 3. The van der Waals surface area contributed by atoms with Gasteiger partial charge >= 0.3 is 0 Å². The minimum absolute atomic E-state index is 0.199. The molecule has 0 spiro atoms. The van der Waals surface area contributed by atoms with E-state index in [1.807, 2.05) is 0 Å². The van der Waals surface area contributed by atoms with Crippen LogP contribution in [0.5, 0.6) is 0 Å². The first-order valence-corrected chi connectivity index (χ1v) is 13.0. The molecule has 1 unspecified atom stereocenters. The molecule has 7 nitrogen and oxygen atoms in total. The zero-order chi connectivity index (χ0) is 24.8. The molecule has 4 aliphatic rings. The van der Waals surface area contributed by atoms with Crippen molar-refractivity contribution in [1.29, 1.82) is 0 Å². The van der Waals surface area contributed by atoms with Crippen molar-refractivity contribution >= 4 is 23.4 Å². The van der Waals surface area contributed by atoms with Gasteiger partial charge in [-0.1, -0.05) is 18.2 Å². The summed E-state index contributed by atoms with van der Waals surface area (Å²) in [5.41, 5.74) is 6.30. The molecule has 2 aromatic rings. The molecule has 1 atom stereocenters. The molecule has 3 heterocycles. The Kier molecular flexibility index (Phi) is 5.99. The second kappa shape index (κ2) is 9.32. The summed E-state index contributed by atoms with van der Waals surface area (Å²) in [6.45, 7) is 4.40. The topological polar surface area (TPSA) is 73.0 Å². The van der Waals surface area contributed by atoms with E-state index in [0.717, 1.165) is 44.0 Å². The summed E-state index contributed by atoms with van der Waals surface area (Å²) in [7, 11) is 0. The summed E-state index contributed by atoms with van der Waals surface area (Å²) < 4.78 is 14.6. The molecule has 0 radical (unpaired) electrons. The number of carbonyl (C=O) groups is 3. The second-order valence-corrected chi connectivity index (χ2v) is 10.4. The zero-order valence-corrected chi connectivity index (χ0v) is 20.4. The third kappa shape index (κ3) is 4.17. The highest BCUT2D eigenvalue weighted by Gasteiger charge is 2.41. The lowest BCUT2D eigenvalue weighted by Crippen LogP contribution is -2.52. The van der Waals surface area contributed by atoms with Gasteiger partial charge in [0, 0.05) is 62.5 Å². The van der Waals surface area contributed by atoms with Gasteiger partial charge < -0.3 is 9.80 Å². The molecular weight excluding hydrogens is 459 g/mol. The van der Waals surface area contributed by atoms with Crippen LogP contribution in [0.3, 0.4) is 0 Å². The largest absolute Gasteiger partial charge is 0.369 e. The fourth-order valence-electron chi connectivity index (χ4n) is 6.29. The van der Waals surface area contributed by atoms with E-state index < -0.39 is 17.8 Å². The summed E-state index contributed by atoms with van der Waals surface area (Å²) in [5, 5.41) is 2.32. The molecule has 3 amide bonds. The van der Waals surface area contributed by atoms with Crippen LogP contribution in [0.25, 0.3) is 0 Å². The number of halogens is 1. The Morgan fingerprint density at radius 1 is 0.944 bits per heavy atom. The van der Waals surface area contributed by atoms with Crippen LogP contribution in [0.15, 0.2) is 30.3 Å². The Labute approximate surface area is 210 Å². The zero-order valence-electron chi connectivity index (χ0n) is 20.4. The molecule has 2 fully saturated rings. The van der Waals surface area contributed by atoms with Crippen LogP contribution in [0.2, 0.25) is 0 Å². The number of imide groups is 1. The number of hydrogen-bond donors (Lipinski definition) is 1. The van der Waals surface area contributed by atoms with Gasteiger partial charge in [-0.15, -0.1) is 0 Å². The molecule has 1 N–H and O–H groups in total. The number of anilines is 1. The molecule has 36 heavy (non-hydrogen) atoms. The molecule has 188 valence electrons. The Morgan fingerprint density at radius 2 is 1.75 bits per heavy atom. The minimum atomic E-state index is -0.702. The molecule has 2 aromatic carbocycles. The molecule has 2 saturated heterocycles. The molecule has 1 aliphatic carbocycles. The van der Waals surface area contributed by atoms with E-state index in [4.69, 9.17) is 0 Å². The van der Waals surface area contributed by atoms with E-state index in [9.17, 15) is 18.8 Å². The average molecular weight is 491 g/mol. The number of benzene rings is 2. The van der Waals surface area contributed by atoms with Crippen molar-refractivity contribution < 1.29 is 18.8 Å². The molecule has 0 aromatic heterocycles. The number of piperazine rings is 1. The molecule has 8 heteroatoms. The fourth-order valence-corrected chi connectivity index (χ4v) is 6.29. The van der Waals surface area contributed by atoms with Crippen molar-refractivity contribution in [1.82, 2.24) is 15.1 Å². The lowest BCUT2D eigenvalue weighted by atomic mass is 9.88. The number of aryl methyl sites for hydroxylation is 1. The SMILES string of the molecule is O=C1CCC(N2Cc3c(cc(F)cc3N3CCN(Cc4cccc5c4CCCC5)CC3)C2=O)C(=O)N1. The molecule has 0 saturated carbocycles. The number of hydrogen-bond acceptors (Lipinski definition) is 5. The summed E-state index contributed by atoms with van der Waals surface area (Å²) in [6.07, 6.45) is 5.37. The standard InChI is InChI=1S/C28H31FN4O3/c29-20-14-22-23(17-33(28(22)36)24-8-9-26(34)30-27(24)35)25(15-20)32-12-10-31(11-13-32)16-19-6-3-5-18-4-1-2-7-21(18)19/h3,5-6,14-15,24H,1-2,4,7-13,16-17H2,(H,30,34,35). The van der Waals surface area contributed by atoms with Crippen molar-refractivity contribution in [3.63, 3.8) is 0 Å². The maximum atomic E-state index is 14.6. The molecular formula is C28H31FN4O3. The first kappa shape index (κ1) is 23.2. The highest BCUT2D eigenvalue weighted by Crippen LogP contribution is 2.36. The average Bonchev–Trinajstić information content (AvgIpc) is 3.20. The lowest BCUT2D eigenvalue weighted by molar-refractivity contribution is -0.136. The first-order chi connectivity index (χ1) is 17.5. The van der Waals surface area contributed by atoms with Crippen molar-refractivity contribution in [3.8, 4) is 0 Å². The van der Waals surface area contributed by atoms with Gasteiger partial charge in [0.15, 0.2) is 0 Å². The van der Waals surface area contributed by atoms with Gasteiger partial charge in [0.25, 0.3) is 5.91 Å². The Hall–Kier alpha value is -3.26. The quantitative estimate of drug-likeness (QED) is 0.668. The van der Waals surface area contributed by atoms with Crippen molar-refractivity contribution in [2.45, 2.75) is 57.7 Å². The van der Waals surface area contributed by atoms with E-state index >= 15 is 0 Å². The normalized spacial score (nSPS) is 22.5. The van der Waals surface area contributed by atoms with Crippen molar-refractivity contribution in [2.75, 3.05) is 31.1 Å².